The Morgan fingerprint density at radius 1 is 1.06 bits per heavy atom. The number of hydrogen-bond acceptors (Lipinski definition) is 5. The molecule has 0 radical (unpaired) electrons. The molecule has 4 rings (SSSR count). The number of Topliss-reactive ketones (excluding diaryl/α,β-unsaturated/α-hetero) is 1. The number of ether oxygens (including phenoxy) is 2. The second kappa shape index (κ2) is 10.5. The number of aliphatic hydroxyl groups is 1. The van der Waals surface area contributed by atoms with Gasteiger partial charge in [-0.25, -0.2) is 0 Å². The van der Waals surface area contributed by atoms with Crippen LogP contribution in [0.2, 0.25) is 5.02 Å². The molecule has 6 nitrogen and oxygen atoms in total. The zero-order valence-electron chi connectivity index (χ0n) is 20.6. The first-order valence-corrected chi connectivity index (χ1v) is 12.0. The predicted molar refractivity (Wildman–Crippen MR) is 141 cm³/mol. The molecule has 0 saturated carbocycles. The summed E-state index contributed by atoms with van der Waals surface area (Å²) < 4.78 is 11.0. The molecule has 1 unspecified atom stereocenters. The summed E-state index contributed by atoms with van der Waals surface area (Å²) in [6.07, 6.45) is 0. The van der Waals surface area contributed by atoms with Crippen LogP contribution in [-0.2, 0) is 9.59 Å². The predicted octanol–water partition coefficient (Wildman–Crippen LogP) is 6.32. The SMILES string of the molecule is COc1ccc(N2C(=O)C(=O)/C(=C(/O)c3ccc(OCC(C)C)cc3)C2c2ccccc2C)cc1Cl. The molecule has 1 saturated heterocycles. The van der Waals surface area contributed by atoms with Crippen molar-refractivity contribution in [1.82, 2.24) is 0 Å². The van der Waals surface area contributed by atoms with Crippen molar-refractivity contribution in [2.45, 2.75) is 26.8 Å². The lowest BCUT2D eigenvalue weighted by molar-refractivity contribution is -0.132. The third kappa shape index (κ3) is 4.82. The second-order valence-electron chi connectivity index (χ2n) is 9.07. The molecule has 0 bridgehead atoms. The highest BCUT2D eigenvalue weighted by Crippen LogP contribution is 2.44. The summed E-state index contributed by atoms with van der Waals surface area (Å²) in [6.45, 7) is 6.58. The number of anilines is 1. The van der Waals surface area contributed by atoms with E-state index in [1.165, 1.54) is 12.0 Å². The van der Waals surface area contributed by atoms with Crippen LogP contribution in [-0.4, -0.2) is 30.5 Å². The lowest BCUT2D eigenvalue weighted by Crippen LogP contribution is -2.29. The van der Waals surface area contributed by atoms with Gasteiger partial charge in [0.15, 0.2) is 0 Å². The van der Waals surface area contributed by atoms with Gasteiger partial charge >= 0.3 is 0 Å². The van der Waals surface area contributed by atoms with E-state index in [-0.39, 0.29) is 11.3 Å². The van der Waals surface area contributed by atoms with E-state index in [1.807, 2.05) is 31.2 Å². The smallest absolute Gasteiger partial charge is 0.300 e. The van der Waals surface area contributed by atoms with E-state index in [0.717, 1.165) is 11.1 Å². The molecule has 0 aliphatic carbocycles. The first-order valence-electron chi connectivity index (χ1n) is 11.7. The van der Waals surface area contributed by atoms with Crippen LogP contribution >= 0.6 is 11.6 Å². The summed E-state index contributed by atoms with van der Waals surface area (Å²) in [6, 6.07) is 18.3. The van der Waals surface area contributed by atoms with Gasteiger partial charge in [0, 0.05) is 11.3 Å². The van der Waals surface area contributed by atoms with Crippen LogP contribution in [0.15, 0.2) is 72.3 Å². The van der Waals surface area contributed by atoms with Gasteiger partial charge < -0.3 is 14.6 Å². The number of carbonyl (C=O) groups is 2. The molecule has 1 amide bonds. The molecule has 1 aliphatic heterocycles. The van der Waals surface area contributed by atoms with Gasteiger partial charge in [0.1, 0.15) is 17.3 Å². The third-order valence-electron chi connectivity index (χ3n) is 6.05. The first kappa shape index (κ1) is 25.3. The van der Waals surface area contributed by atoms with Crippen molar-refractivity contribution in [1.29, 1.82) is 0 Å². The minimum Gasteiger partial charge on any atom is -0.507 e. The Bertz CT molecular complexity index is 1330. The molecule has 7 heteroatoms. The zero-order valence-corrected chi connectivity index (χ0v) is 21.4. The van der Waals surface area contributed by atoms with Crippen molar-refractivity contribution < 1.29 is 24.2 Å². The average molecular weight is 506 g/mol. The van der Waals surface area contributed by atoms with Crippen LogP contribution in [0, 0.1) is 12.8 Å². The second-order valence-corrected chi connectivity index (χ2v) is 9.48. The Morgan fingerprint density at radius 2 is 1.75 bits per heavy atom. The van der Waals surface area contributed by atoms with Crippen molar-refractivity contribution in [3.05, 3.63) is 94.0 Å². The highest BCUT2D eigenvalue weighted by atomic mass is 35.5. The number of carbonyl (C=O) groups excluding carboxylic acids is 2. The average Bonchev–Trinajstić information content (AvgIpc) is 3.13. The number of ketones is 1. The number of hydrogen-bond donors (Lipinski definition) is 1. The molecule has 0 aromatic heterocycles. The minimum atomic E-state index is -0.840. The fourth-order valence-electron chi connectivity index (χ4n) is 4.22. The number of nitrogens with zero attached hydrogens (tertiary/aromatic N) is 1. The third-order valence-corrected chi connectivity index (χ3v) is 6.35. The van der Waals surface area contributed by atoms with Crippen molar-refractivity contribution in [2.24, 2.45) is 5.92 Å². The summed E-state index contributed by atoms with van der Waals surface area (Å²) in [5.41, 5.74) is 2.44. The normalized spacial score (nSPS) is 17.1. The summed E-state index contributed by atoms with van der Waals surface area (Å²) in [5, 5.41) is 11.6. The molecule has 186 valence electrons. The summed E-state index contributed by atoms with van der Waals surface area (Å²) in [7, 11) is 1.50. The van der Waals surface area contributed by atoms with Gasteiger partial charge in [0.2, 0.25) is 0 Å². The Balaban J connectivity index is 1.84. The molecule has 3 aromatic carbocycles. The van der Waals surface area contributed by atoms with Gasteiger partial charge in [-0.1, -0.05) is 49.7 Å². The molecular formula is C29H28ClNO5. The molecule has 1 aliphatic rings. The van der Waals surface area contributed by atoms with Crippen LogP contribution in [0.3, 0.4) is 0 Å². The van der Waals surface area contributed by atoms with Crippen molar-refractivity contribution in [3.8, 4) is 11.5 Å². The van der Waals surface area contributed by atoms with Gasteiger partial charge in [-0.3, -0.25) is 14.5 Å². The van der Waals surface area contributed by atoms with Gasteiger partial charge in [-0.15, -0.1) is 0 Å². The van der Waals surface area contributed by atoms with E-state index in [1.54, 1.807) is 42.5 Å². The summed E-state index contributed by atoms with van der Waals surface area (Å²) in [5.74, 6) is -0.294. The maximum Gasteiger partial charge on any atom is 0.300 e. The molecule has 3 aromatic rings. The molecule has 1 heterocycles. The number of aryl methyl sites for hydroxylation is 1. The van der Waals surface area contributed by atoms with Gasteiger partial charge in [0.05, 0.1) is 30.4 Å². The largest absolute Gasteiger partial charge is 0.507 e. The summed E-state index contributed by atoms with van der Waals surface area (Å²) >= 11 is 6.35. The van der Waals surface area contributed by atoms with Crippen molar-refractivity contribution in [3.63, 3.8) is 0 Å². The number of benzene rings is 3. The van der Waals surface area contributed by atoms with E-state index in [0.29, 0.717) is 40.3 Å². The lowest BCUT2D eigenvalue weighted by Gasteiger charge is -2.27. The monoisotopic (exact) mass is 505 g/mol. The van der Waals surface area contributed by atoms with E-state index in [9.17, 15) is 14.7 Å². The van der Waals surface area contributed by atoms with E-state index >= 15 is 0 Å². The van der Waals surface area contributed by atoms with Crippen LogP contribution in [0.1, 0.15) is 36.6 Å². The zero-order chi connectivity index (χ0) is 26.0. The number of halogens is 1. The van der Waals surface area contributed by atoms with Crippen molar-refractivity contribution >= 4 is 34.7 Å². The molecule has 1 N–H and O–H groups in total. The van der Waals surface area contributed by atoms with Gasteiger partial charge in [-0.2, -0.15) is 0 Å². The van der Waals surface area contributed by atoms with Crippen LogP contribution in [0.4, 0.5) is 5.69 Å². The Hall–Kier alpha value is -3.77. The molecule has 1 fully saturated rings. The first-order chi connectivity index (χ1) is 17.2. The highest BCUT2D eigenvalue weighted by molar-refractivity contribution is 6.52. The highest BCUT2D eigenvalue weighted by Gasteiger charge is 2.47. The number of amides is 1. The molecular weight excluding hydrogens is 478 g/mol. The van der Waals surface area contributed by atoms with Crippen LogP contribution in [0.25, 0.3) is 5.76 Å². The molecule has 1 atom stereocenters. The Kier molecular flexibility index (Phi) is 7.36. The molecule has 0 spiro atoms. The minimum absolute atomic E-state index is 0.0112. The maximum atomic E-state index is 13.4. The van der Waals surface area contributed by atoms with Crippen LogP contribution in [0.5, 0.6) is 11.5 Å². The fraction of sp³-hybridized carbons (Fsp3) is 0.241. The molecule has 36 heavy (non-hydrogen) atoms. The fourth-order valence-corrected chi connectivity index (χ4v) is 4.47. The Morgan fingerprint density at radius 3 is 2.36 bits per heavy atom. The number of rotatable bonds is 7. The van der Waals surface area contributed by atoms with E-state index in [2.05, 4.69) is 13.8 Å². The lowest BCUT2D eigenvalue weighted by atomic mass is 9.92. The topological polar surface area (TPSA) is 76.1 Å². The van der Waals surface area contributed by atoms with Gasteiger partial charge in [0.25, 0.3) is 11.7 Å². The van der Waals surface area contributed by atoms with Crippen molar-refractivity contribution in [2.75, 3.05) is 18.6 Å². The quantitative estimate of drug-likeness (QED) is 0.231. The Labute approximate surface area is 215 Å². The summed E-state index contributed by atoms with van der Waals surface area (Å²) in [4.78, 5) is 28.1. The number of aliphatic hydroxyl groups excluding tert-OH is 1. The van der Waals surface area contributed by atoms with Crippen LogP contribution < -0.4 is 14.4 Å². The van der Waals surface area contributed by atoms with Gasteiger partial charge in [-0.05, 0) is 66.4 Å². The number of methoxy groups -OCH3 is 1. The standard InChI is InChI=1S/C29H28ClNO5/c1-17(2)16-36-21-12-9-19(10-13-21)27(32)25-26(22-8-6-5-7-18(22)3)31(29(34)28(25)33)20-11-14-24(35-4)23(30)15-20/h5-15,17,26,32H,16H2,1-4H3/b27-25+. The van der Waals surface area contributed by atoms with E-state index < -0.39 is 17.7 Å². The van der Waals surface area contributed by atoms with E-state index in [4.69, 9.17) is 21.1 Å². The maximum absolute atomic E-state index is 13.4.